The van der Waals surface area contributed by atoms with Crippen LogP contribution in [0, 0.1) is 18.8 Å². The smallest absolute Gasteiger partial charge is 0.123 e. The molecule has 0 aliphatic carbocycles. The van der Waals surface area contributed by atoms with Crippen LogP contribution >= 0.6 is 0 Å². The molecule has 0 saturated carbocycles. The van der Waals surface area contributed by atoms with Crippen molar-refractivity contribution in [1.82, 2.24) is 4.98 Å². The van der Waals surface area contributed by atoms with Gasteiger partial charge in [0.2, 0.25) is 0 Å². The summed E-state index contributed by atoms with van der Waals surface area (Å²) < 4.78 is 12.7. The molecule has 0 bridgehead atoms. The van der Waals surface area contributed by atoms with Crippen molar-refractivity contribution < 1.29 is 4.39 Å². The van der Waals surface area contributed by atoms with E-state index < -0.39 is 0 Å². The van der Waals surface area contributed by atoms with Crippen LogP contribution in [-0.4, -0.2) is 4.98 Å². The Balaban J connectivity index is 2.79. The molecule has 1 aromatic heterocycles. The molecule has 0 aliphatic rings. The van der Waals surface area contributed by atoms with Crippen molar-refractivity contribution in [2.24, 2.45) is 0 Å². The maximum atomic E-state index is 12.7. The van der Waals surface area contributed by atoms with E-state index in [2.05, 4.69) is 11.1 Å². The summed E-state index contributed by atoms with van der Waals surface area (Å²) in [6.45, 7) is 1.89. The number of hydrogen-bond acceptors (Lipinski definition) is 1. The first-order valence-electron chi connectivity index (χ1n) is 3.70. The molecule has 0 aliphatic heterocycles. The lowest BCUT2D eigenvalue weighted by molar-refractivity contribution is 0.629. The van der Waals surface area contributed by atoms with E-state index in [-0.39, 0.29) is 5.82 Å². The van der Waals surface area contributed by atoms with Crippen molar-refractivity contribution in [3.8, 4) is 0 Å². The predicted molar refractivity (Wildman–Crippen MR) is 45.3 cm³/mol. The van der Waals surface area contributed by atoms with Gasteiger partial charge in [0.15, 0.2) is 0 Å². The van der Waals surface area contributed by atoms with Gasteiger partial charge in [0, 0.05) is 11.1 Å². The lowest BCUT2D eigenvalue weighted by Crippen LogP contribution is -1.83. The van der Waals surface area contributed by atoms with Gasteiger partial charge in [-0.05, 0) is 37.3 Å². The molecule has 0 fully saturated rings. The molecule has 1 heterocycles. The van der Waals surface area contributed by atoms with Gasteiger partial charge in [-0.15, -0.1) is 0 Å². The fourth-order valence-corrected chi connectivity index (χ4v) is 1.13. The molecule has 1 radical (unpaired) electrons. The number of nitrogens with zero attached hydrogens (tertiary/aromatic N) is 1. The third kappa shape index (κ3) is 1.16. The van der Waals surface area contributed by atoms with Gasteiger partial charge in [0.1, 0.15) is 5.82 Å². The number of rotatable bonds is 0. The zero-order chi connectivity index (χ0) is 8.55. The van der Waals surface area contributed by atoms with E-state index in [1.807, 2.05) is 6.92 Å². The minimum atomic E-state index is -0.246. The minimum Gasteiger partial charge on any atom is -0.253 e. The number of pyridine rings is 1. The zero-order valence-corrected chi connectivity index (χ0v) is 6.63. The topological polar surface area (TPSA) is 12.9 Å². The summed E-state index contributed by atoms with van der Waals surface area (Å²) in [5, 5.41) is 0.723. The monoisotopic (exact) mass is 160 g/mol. The Morgan fingerprint density at radius 2 is 2.25 bits per heavy atom. The van der Waals surface area contributed by atoms with Crippen LogP contribution < -0.4 is 0 Å². The quantitative estimate of drug-likeness (QED) is 0.577. The third-order valence-electron chi connectivity index (χ3n) is 1.69. The van der Waals surface area contributed by atoms with E-state index >= 15 is 0 Å². The largest absolute Gasteiger partial charge is 0.253 e. The Bertz CT molecular complexity index is 382. The summed E-state index contributed by atoms with van der Waals surface area (Å²) in [5.41, 5.74) is 1.69. The van der Waals surface area contributed by atoms with Gasteiger partial charge >= 0.3 is 0 Å². The Hall–Kier alpha value is -1.44. The molecule has 2 rings (SSSR count). The van der Waals surface area contributed by atoms with Gasteiger partial charge in [0.05, 0.1) is 5.52 Å². The molecule has 1 nitrogen and oxygen atoms in total. The van der Waals surface area contributed by atoms with Gasteiger partial charge in [0.25, 0.3) is 0 Å². The van der Waals surface area contributed by atoms with Gasteiger partial charge in [-0.2, -0.15) is 0 Å². The van der Waals surface area contributed by atoms with Crippen molar-refractivity contribution in [2.75, 3.05) is 0 Å². The van der Waals surface area contributed by atoms with Crippen molar-refractivity contribution in [3.63, 3.8) is 0 Å². The highest BCUT2D eigenvalue weighted by molar-refractivity contribution is 5.77. The van der Waals surface area contributed by atoms with Gasteiger partial charge in [-0.25, -0.2) is 4.39 Å². The maximum Gasteiger partial charge on any atom is 0.123 e. The van der Waals surface area contributed by atoms with Crippen LogP contribution in [-0.2, 0) is 0 Å². The number of fused-ring (bicyclic) bond motifs is 1. The molecule has 2 aromatic rings. The normalized spacial score (nSPS) is 10.5. The second-order valence-corrected chi connectivity index (χ2v) is 2.70. The third-order valence-corrected chi connectivity index (χ3v) is 1.69. The first kappa shape index (κ1) is 7.22. The summed E-state index contributed by atoms with van der Waals surface area (Å²) in [4.78, 5) is 4.22. The summed E-state index contributed by atoms with van der Waals surface area (Å²) in [6.07, 6.45) is 0. The molecule has 2 heteroatoms. The average molecular weight is 160 g/mol. The molecule has 59 valence electrons. The van der Waals surface area contributed by atoms with E-state index in [1.54, 1.807) is 12.1 Å². The summed E-state index contributed by atoms with van der Waals surface area (Å²) in [5.74, 6) is -0.246. The number of hydrogen-bond donors (Lipinski definition) is 0. The molecular formula is C10H7FN. The van der Waals surface area contributed by atoms with Crippen molar-refractivity contribution in [1.29, 1.82) is 0 Å². The van der Waals surface area contributed by atoms with Crippen molar-refractivity contribution >= 4 is 10.9 Å². The van der Waals surface area contributed by atoms with E-state index in [4.69, 9.17) is 0 Å². The fourth-order valence-electron chi connectivity index (χ4n) is 1.13. The van der Waals surface area contributed by atoms with Crippen LogP contribution in [0.2, 0.25) is 0 Å². The number of benzene rings is 1. The average Bonchev–Trinajstić information content (AvgIpc) is 2.05. The van der Waals surface area contributed by atoms with Crippen LogP contribution in [0.15, 0.2) is 24.3 Å². The summed E-state index contributed by atoms with van der Waals surface area (Å²) in [6, 6.07) is 9.21. The molecule has 0 spiro atoms. The molecule has 12 heavy (non-hydrogen) atoms. The van der Waals surface area contributed by atoms with Gasteiger partial charge < -0.3 is 0 Å². The summed E-state index contributed by atoms with van der Waals surface area (Å²) in [7, 11) is 0. The second kappa shape index (κ2) is 2.55. The highest BCUT2D eigenvalue weighted by Gasteiger charge is 1.96. The molecule has 0 saturated heterocycles. The number of aromatic nitrogens is 1. The van der Waals surface area contributed by atoms with Crippen molar-refractivity contribution in [3.05, 3.63) is 41.8 Å². The van der Waals surface area contributed by atoms with Crippen LogP contribution in [0.25, 0.3) is 10.9 Å². The lowest BCUT2D eigenvalue weighted by atomic mass is 10.2. The first-order chi connectivity index (χ1) is 5.75. The predicted octanol–water partition coefficient (Wildman–Crippen LogP) is 2.48. The van der Waals surface area contributed by atoms with E-state index in [1.165, 1.54) is 12.1 Å². The van der Waals surface area contributed by atoms with E-state index in [0.717, 1.165) is 16.6 Å². The van der Waals surface area contributed by atoms with Crippen molar-refractivity contribution in [2.45, 2.75) is 6.92 Å². The minimum absolute atomic E-state index is 0.246. The SMILES string of the molecule is Cc1c[c]c2cc(F)ccc2n1. The standard InChI is InChI=1S/C10H7FN/c1-7-2-3-8-6-9(11)4-5-10(8)12-7/h2,4-6H,1H3. The maximum absolute atomic E-state index is 12.7. The fraction of sp³-hybridized carbons (Fsp3) is 0.100. The number of halogens is 1. The Kier molecular flexibility index (Phi) is 1.54. The van der Waals surface area contributed by atoms with Crippen LogP contribution in [0.5, 0.6) is 0 Å². The zero-order valence-electron chi connectivity index (χ0n) is 6.63. The molecule has 1 aromatic carbocycles. The molecule has 0 N–H and O–H groups in total. The second-order valence-electron chi connectivity index (χ2n) is 2.70. The van der Waals surface area contributed by atoms with E-state index in [9.17, 15) is 4.39 Å². The lowest BCUT2D eigenvalue weighted by Gasteiger charge is -1.96. The van der Waals surface area contributed by atoms with Gasteiger partial charge in [-0.1, -0.05) is 0 Å². The van der Waals surface area contributed by atoms with Crippen LogP contribution in [0.3, 0.4) is 0 Å². The van der Waals surface area contributed by atoms with E-state index in [0.29, 0.717) is 0 Å². The summed E-state index contributed by atoms with van der Waals surface area (Å²) >= 11 is 0. The molecular weight excluding hydrogens is 153 g/mol. The number of aryl methyl sites for hydroxylation is 1. The first-order valence-corrected chi connectivity index (χ1v) is 3.70. The Morgan fingerprint density at radius 3 is 3.08 bits per heavy atom. The van der Waals surface area contributed by atoms with Crippen LogP contribution in [0.4, 0.5) is 4.39 Å². The molecule has 0 unspecified atom stereocenters. The molecule has 0 atom stereocenters. The Labute approximate surface area is 69.9 Å². The Morgan fingerprint density at radius 1 is 1.42 bits per heavy atom. The van der Waals surface area contributed by atoms with Gasteiger partial charge in [-0.3, -0.25) is 4.98 Å². The highest BCUT2D eigenvalue weighted by Crippen LogP contribution is 2.12. The molecule has 0 amide bonds. The highest BCUT2D eigenvalue weighted by atomic mass is 19.1. The van der Waals surface area contributed by atoms with Crippen LogP contribution in [0.1, 0.15) is 5.69 Å².